The van der Waals surface area contributed by atoms with Gasteiger partial charge in [0, 0.05) is 24.7 Å². The Labute approximate surface area is 135 Å². The van der Waals surface area contributed by atoms with Crippen LogP contribution in [0.15, 0.2) is 23.1 Å². The molecule has 9 heteroatoms. The van der Waals surface area contributed by atoms with E-state index >= 15 is 0 Å². The quantitative estimate of drug-likeness (QED) is 0.816. The zero-order chi connectivity index (χ0) is 15.8. The molecular weight excluding hydrogens is 330 g/mol. The first kappa shape index (κ1) is 18.4. The third-order valence-corrected chi connectivity index (χ3v) is 5.18. The van der Waals surface area contributed by atoms with E-state index in [-0.39, 0.29) is 47.6 Å². The van der Waals surface area contributed by atoms with Gasteiger partial charge < -0.3 is 11.1 Å². The highest BCUT2D eigenvalue weighted by molar-refractivity contribution is 7.90. The van der Waals surface area contributed by atoms with E-state index in [1.165, 1.54) is 18.2 Å². The van der Waals surface area contributed by atoms with E-state index in [2.05, 4.69) is 5.32 Å². The molecule has 1 aromatic rings. The van der Waals surface area contributed by atoms with E-state index < -0.39 is 21.8 Å². The lowest BCUT2D eigenvalue weighted by Crippen LogP contribution is -2.37. The van der Waals surface area contributed by atoms with Crippen LogP contribution < -0.4 is 11.1 Å². The van der Waals surface area contributed by atoms with Crippen molar-refractivity contribution in [1.82, 2.24) is 9.62 Å². The molecule has 2 amide bonds. The van der Waals surface area contributed by atoms with Crippen LogP contribution in [0.2, 0.25) is 0 Å². The smallest absolute Gasteiger partial charge is 0.268 e. The number of hydrogen-bond acceptors (Lipinski definition) is 5. The SMILES string of the molecule is CCN1C(=O)c2ccc(C(=O)N[C@@H](C)CN)cc2S1(=O)=O.Cl. The molecule has 22 heavy (non-hydrogen) atoms. The molecule has 0 aromatic heterocycles. The summed E-state index contributed by atoms with van der Waals surface area (Å²) >= 11 is 0. The Morgan fingerprint density at radius 1 is 1.41 bits per heavy atom. The highest BCUT2D eigenvalue weighted by atomic mass is 35.5. The lowest BCUT2D eigenvalue weighted by atomic mass is 10.1. The summed E-state index contributed by atoms with van der Waals surface area (Å²) < 4.78 is 25.3. The molecule has 0 unspecified atom stereocenters. The molecule has 7 nitrogen and oxygen atoms in total. The third kappa shape index (κ3) is 2.94. The monoisotopic (exact) mass is 347 g/mol. The van der Waals surface area contributed by atoms with E-state index in [4.69, 9.17) is 5.73 Å². The lowest BCUT2D eigenvalue weighted by molar-refractivity contribution is 0.0873. The normalized spacial score (nSPS) is 16.7. The molecule has 1 aromatic carbocycles. The van der Waals surface area contributed by atoms with Crippen LogP contribution in [0.3, 0.4) is 0 Å². The fraction of sp³-hybridized carbons (Fsp3) is 0.385. The first-order chi connectivity index (χ1) is 9.82. The number of rotatable bonds is 4. The second-order valence-electron chi connectivity index (χ2n) is 4.80. The molecule has 1 heterocycles. The number of carbonyl (C=O) groups excluding carboxylic acids is 2. The van der Waals surface area contributed by atoms with E-state index in [1.807, 2.05) is 0 Å². The number of fused-ring (bicyclic) bond motifs is 1. The Kier molecular flexibility index (Phi) is 5.55. The fourth-order valence-corrected chi connectivity index (χ4v) is 3.70. The molecule has 0 saturated carbocycles. The molecule has 122 valence electrons. The van der Waals surface area contributed by atoms with Crippen molar-refractivity contribution in [3.05, 3.63) is 29.3 Å². The Balaban J connectivity index is 0.00000242. The molecule has 0 fully saturated rings. The van der Waals surface area contributed by atoms with Crippen molar-refractivity contribution in [2.75, 3.05) is 13.1 Å². The van der Waals surface area contributed by atoms with Crippen molar-refractivity contribution >= 4 is 34.2 Å². The standard InChI is InChI=1S/C13H17N3O4S.ClH/c1-3-16-13(18)10-5-4-9(6-11(10)21(16,19)20)12(17)15-8(2)7-14;/h4-6,8H,3,7,14H2,1-2H3,(H,15,17);1H/t8-;/m0./s1. The van der Waals surface area contributed by atoms with Crippen LogP contribution >= 0.6 is 12.4 Å². The van der Waals surface area contributed by atoms with Gasteiger partial charge >= 0.3 is 0 Å². The number of amides is 2. The molecule has 1 atom stereocenters. The Bertz CT molecular complexity index is 705. The first-order valence-electron chi connectivity index (χ1n) is 6.55. The first-order valence-corrected chi connectivity index (χ1v) is 7.99. The van der Waals surface area contributed by atoms with Crippen molar-refractivity contribution in [2.24, 2.45) is 5.73 Å². The fourth-order valence-electron chi connectivity index (χ4n) is 2.10. The lowest BCUT2D eigenvalue weighted by Gasteiger charge is -2.12. The van der Waals surface area contributed by atoms with Gasteiger partial charge in [-0.15, -0.1) is 12.4 Å². The largest absolute Gasteiger partial charge is 0.348 e. The highest BCUT2D eigenvalue weighted by Crippen LogP contribution is 2.30. The zero-order valence-electron chi connectivity index (χ0n) is 12.2. The number of sulfonamides is 1. The summed E-state index contributed by atoms with van der Waals surface area (Å²) in [6.07, 6.45) is 0. The maximum Gasteiger partial charge on any atom is 0.268 e. The second kappa shape index (κ2) is 6.64. The van der Waals surface area contributed by atoms with Gasteiger partial charge in [0.25, 0.3) is 21.8 Å². The summed E-state index contributed by atoms with van der Waals surface area (Å²) in [5.41, 5.74) is 5.71. The van der Waals surface area contributed by atoms with Crippen LogP contribution in [0.4, 0.5) is 0 Å². The topological polar surface area (TPSA) is 110 Å². The van der Waals surface area contributed by atoms with Crippen molar-refractivity contribution in [3.8, 4) is 0 Å². The maximum absolute atomic E-state index is 12.2. The van der Waals surface area contributed by atoms with E-state index in [9.17, 15) is 18.0 Å². The molecule has 0 radical (unpaired) electrons. The van der Waals surface area contributed by atoms with Crippen molar-refractivity contribution in [3.63, 3.8) is 0 Å². The summed E-state index contributed by atoms with van der Waals surface area (Å²) in [7, 11) is -3.86. The molecule has 1 aliphatic rings. The number of nitrogens with zero attached hydrogens (tertiary/aromatic N) is 1. The Morgan fingerprint density at radius 3 is 2.59 bits per heavy atom. The van der Waals surface area contributed by atoms with Gasteiger partial charge in [0.15, 0.2) is 0 Å². The van der Waals surface area contributed by atoms with Crippen molar-refractivity contribution in [1.29, 1.82) is 0 Å². The summed E-state index contributed by atoms with van der Waals surface area (Å²) in [5.74, 6) is -0.983. The molecule has 2 rings (SSSR count). The van der Waals surface area contributed by atoms with Gasteiger partial charge in [-0.3, -0.25) is 9.59 Å². The number of nitrogens with two attached hydrogens (primary N) is 1. The Hall–Kier alpha value is -1.64. The van der Waals surface area contributed by atoms with Gasteiger partial charge in [0.1, 0.15) is 4.90 Å². The molecule has 1 aliphatic heterocycles. The number of hydrogen-bond donors (Lipinski definition) is 2. The van der Waals surface area contributed by atoms with Crippen LogP contribution in [-0.2, 0) is 10.0 Å². The summed E-state index contributed by atoms with van der Waals surface area (Å²) in [5, 5.41) is 2.64. The van der Waals surface area contributed by atoms with Gasteiger partial charge in [-0.25, -0.2) is 12.7 Å². The van der Waals surface area contributed by atoms with E-state index in [0.717, 1.165) is 4.31 Å². The summed E-state index contributed by atoms with van der Waals surface area (Å²) in [6.45, 7) is 3.65. The predicted octanol–water partition coefficient (Wildman–Crippen LogP) is 0.350. The number of halogens is 1. The molecule has 3 N–H and O–H groups in total. The predicted molar refractivity (Wildman–Crippen MR) is 83.6 cm³/mol. The minimum atomic E-state index is -3.86. The molecule has 0 spiro atoms. The third-order valence-electron chi connectivity index (χ3n) is 3.29. The summed E-state index contributed by atoms with van der Waals surface area (Å²) in [4.78, 5) is 23.9. The van der Waals surface area contributed by atoms with Gasteiger partial charge in [-0.1, -0.05) is 0 Å². The van der Waals surface area contributed by atoms with Gasteiger partial charge in [-0.05, 0) is 32.0 Å². The van der Waals surface area contributed by atoms with E-state index in [0.29, 0.717) is 0 Å². The minimum absolute atomic E-state index is 0. The van der Waals surface area contributed by atoms with Gasteiger partial charge in [0.05, 0.1) is 5.56 Å². The molecular formula is C13H18ClN3O4S. The second-order valence-corrected chi connectivity index (χ2v) is 6.63. The van der Waals surface area contributed by atoms with E-state index in [1.54, 1.807) is 13.8 Å². The summed E-state index contributed by atoms with van der Waals surface area (Å²) in [6, 6.07) is 3.81. The Morgan fingerprint density at radius 2 is 2.05 bits per heavy atom. The number of nitrogens with one attached hydrogen (secondary N) is 1. The van der Waals surface area contributed by atoms with Crippen molar-refractivity contribution in [2.45, 2.75) is 24.8 Å². The van der Waals surface area contributed by atoms with Gasteiger partial charge in [0.2, 0.25) is 0 Å². The van der Waals surface area contributed by atoms with Crippen molar-refractivity contribution < 1.29 is 18.0 Å². The van der Waals surface area contributed by atoms with Crippen LogP contribution in [0.25, 0.3) is 0 Å². The maximum atomic E-state index is 12.2. The van der Waals surface area contributed by atoms with Crippen LogP contribution in [0.1, 0.15) is 34.6 Å². The van der Waals surface area contributed by atoms with Gasteiger partial charge in [-0.2, -0.15) is 0 Å². The van der Waals surface area contributed by atoms with Crippen LogP contribution in [0.5, 0.6) is 0 Å². The molecule has 0 aliphatic carbocycles. The minimum Gasteiger partial charge on any atom is -0.348 e. The highest BCUT2D eigenvalue weighted by Gasteiger charge is 2.40. The van der Waals surface area contributed by atoms with Crippen LogP contribution in [-0.4, -0.2) is 43.7 Å². The molecule has 0 bridgehead atoms. The average Bonchev–Trinajstić information content (AvgIpc) is 2.65. The average molecular weight is 348 g/mol. The zero-order valence-corrected chi connectivity index (χ0v) is 13.8. The van der Waals surface area contributed by atoms with Crippen LogP contribution in [0, 0.1) is 0 Å². The molecule has 0 saturated heterocycles. The number of carbonyl (C=O) groups is 2. The number of benzene rings is 1.